The van der Waals surface area contributed by atoms with Gasteiger partial charge >= 0.3 is 0 Å². The molecule has 9 nitrogen and oxygen atoms in total. The Labute approximate surface area is 220 Å². The number of H-pyrrole nitrogens is 1. The first-order chi connectivity index (χ1) is 18.5. The standard InChI is InChI=1S/C29H29N5O4/c1-38-24-9-4-6-20(16-24)18-33-34-29(37)22-8-5-7-21(17-22)28(36)31-15-13-27(35)30-14-12-23-19-32-26-11-3-2-10-25(23)26/h2-11,16-19,32H,12-15H2,1H3,(H,30,35)(H,31,36)(H,34,37)/b33-18+. The van der Waals surface area contributed by atoms with Gasteiger partial charge in [0.15, 0.2) is 0 Å². The van der Waals surface area contributed by atoms with Crippen LogP contribution < -0.4 is 20.8 Å². The fourth-order valence-corrected chi connectivity index (χ4v) is 3.91. The second-order valence-corrected chi connectivity index (χ2v) is 8.52. The summed E-state index contributed by atoms with van der Waals surface area (Å²) in [6, 6.07) is 21.6. The maximum absolute atomic E-state index is 12.5. The molecule has 0 fully saturated rings. The number of nitrogens with one attached hydrogen (secondary N) is 4. The minimum absolute atomic E-state index is 0.146. The lowest BCUT2D eigenvalue weighted by Gasteiger charge is -2.08. The molecule has 0 spiro atoms. The van der Waals surface area contributed by atoms with E-state index in [0.29, 0.717) is 24.3 Å². The van der Waals surface area contributed by atoms with Crippen LogP contribution in [0.4, 0.5) is 0 Å². The van der Waals surface area contributed by atoms with Gasteiger partial charge in [-0.1, -0.05) is 36.4 Å². The highest BCUT2D eigenvalue weighted by molar-refractivity contribution is 6.00. The van der Waals surface area contributed by atoms with E-state index in [4.69, 9.17) is 4.74 Å². The molecule has 1 aromatic heterocycles. The predicted molar refractivity (Wildman–Crippen MR) is 146 cm³/mol. The van der Waals surface area contributed by atoms with Gasteiger partial charge in [-0.3, -0.25) is 14.4 Å². The van der Waals surface area contributed by atoms with Gasteiger partial charge in [-0.2, -0.15) is 5.10 Å². The monoisotopic (exact) mass is 511 g/mol. The molecule has 0 bridgehead atoms. The normalized spacial score (nSPS) is 10.9. The van der Waals surface area contributed by atoms with Crippen LogP contribution in [0.25, 0.3) is 10.9 Å². The number of benzene rings is 3. The molecule has 1 heterocycles. The zero-order valence-electron chi connectivity index (χ0n) is 21.0. The van der Waals surface area contributed by atoms with Gasteiger partial charge in [-0.05, 0) is 53.9 Å². The Morgan fingerprint density at radius 1 is 0.895 bits per heavy atom. The summed E-state index contributed by atoms with van der Waals surface area (Å²) in [5, 5.41) is 10.7. The summed E-state index contributed by atoms with van der Waals surface area (Å²) in [4.78, 5) is 40.4. The lowest BCUT2D eigenvalue weighted by Crippen LogP contribution is -2.31. The number of fused-ring (bicyclic) bond motifs is 1. The van der Waals surface area contributed by atoms with E-state index in [-0.39, 0.29) is 30.3 Å². The van der Waals surface area contributed by atoms with Gasteiger partial charge in [0, 0.05) is 47.7 Å². The number of aromatic amines is 1. The van der Waals surface area contributed by atoms with E-state index in [1.165, 1.54) is 12.3 Å². The summed E-state index contributed by atoms with van der Waals surface area (Å²) < 4.78 is 5.16. The van der Waals surface area contributed by atoms with Crippen molar-refractivity contribution in [2.24, 2.45) is 5.10 Å². The highest BCUT2D eigenvalue weighted by Gasteiger charge is 2.11. The maximum atomic E-state index is 12.5. The fraction of sp³-hybridized carbons (Fsp3) is 0.172. The fourth-order valence-electron chi connectivity index (χ4n) is 3.91. The van der Waals surface area contributed by atoms with Crippen LogP contribution in [0.3, 0.4) is 0 Å². The first-order valence-electron chi connectivity index (χ1n) is 12.2. The van der Waals surface area contributed by atoms with E-state index < -0.39 is 5.91 Å². The lowest BCUT2D eigenvalue weighted by molar-refractivity contribution is -0.120. The zero-order chi connectivity index (χ0) is 26.7. The number of para-hydroxylation sites is 1. The second-order valence-electron chi connectivity index (χ2n) is 8.52. The molecule has 0 atom stereocenters. The van der Waals surface area contributed by atoms with Gasteiger partial charge in [0.25, 0.3) is 11.8 Å². The molecule has 9 heteroatoms. The molecule has 194 valence electrons. The molecule has 0 unspecified atom stereocenters. The van der Waals surface area contributed by atoms with Gasteiger partial charge in [0.2, 0.25) is 5.91 Å². The molecule has 4 rings (SSSR count). The highest BCUT2D eigenvalue weighted by Crippen LogP contribution is 2.17. The molecule has 0 radical (unpaired) electrons. The average molecular weight is 512 g/mol. The molecule has 3 amide bonds. The van der Waals surface area contributed by atoms with Crippen molar-refractivity contribution in [1.29, 1.82) is 0 Å². The number of hydrogen-bond acceptors (Lipinski definition) is 5. The van der Waals surface area contributed by atoms with Gasteiger partial charge < -0.3 is 20.4 Å². The molecule has 0 saturated heterocycles. The SMILES string of the molecule is COc1cccc(/C=N/NC(=O)c2cccc(C(=O)NCCC(=O)NCCc3c[nH]c4ccccc34)c2)c1. The first-order valence-corrected chi connectivity index (χ1v) is 12.2. The second kappa shape index (κ2) is 12.9. The number of hydrogen-bond donors (Lipinski definition) is 4. The number of aromatic nitrogens is 1. The number of carbonyl (C=O) groups excluding carboxylic acids is 3. The van der Waals surface area contributed by atoms with Crippen LogP contribution in [0.2, 0.25) is 0 Å². The van der Waals surface area contributed by atoms with Crippen molar-refractivity contribution in [3.05, 3.63) is 101 Å². The molecule has 3 aromatic carbocycles. The van der Waals surface area contributed by atoms with Gasteiger partial charge in [0.1, 0.15) is 5.75 Å². The lowest BCUT2D eigenvalue weighted by atomic mass is 10.1. The quantitative estimate of drug-likeness (QED) is 0.182. The molecular weight excluding hydrogens is 482 g/mol. The van der Waals surface area contributed by atoms with E-state index >= 15 is 0 Å². The Morgan fingerprint density at radius 3 is 2.53 bits per heavy atom. The van der Waals surface area contributed by atoms with Crippen LogP contribution in [0, 0.1) is 0 Å². The van der Waals surface area contributed by atoms with Crippen LogP contribution in [0.1, 0.15) is 38.3 Å². The number of rotatable bonds is 11. The summed E-state index contributed by atoms with van der Waals surface area (Å²) in [5.41, 5.74) is 6.03. The van der Waals surface area contributed by atoms with Crippen molar-refractivity contribution >= 4 is 34.8 Å². The summed E-state index contributed by atoms with van der Waals surface area (Å²) in [6.45, 7) is 0.686. The molecule has 38 heavy (non-hydrogen) atoms. The number of amides is 3. The van der Waals surface area contributed by atoms with Crippen molar-refractivity contribution in [1.82, 2.24) is 21.0 Å². The molecule has 4 N–H and O–H groups in total. The van der Waals surface area contributed by atoms with Crippen molar-refractivity contribution in [2.75, 3.05) is 20.2 Å². The third kappa shape index (κ3) is 7.07. The Morgan fingerprint density at radius 2 is 1.68 bits per heavy atom. The smallest absolute Gasteiger partial charge is 0.271 e. The molecule has 0 saturated carbocycles. The third-order valence-electron chi connectivity index (χ3n) is 5.89. The van der Waals surface area contributed by atoms with Crippen LogP contribution >= 0.6 is 0 Å². The van der Waals surface area contributed by atoms with Gasteiger partial charge in [0.05, 0.1) is 13.3 Å². The van der Waals surface area contributed by atoms with E-state index in [1.54, 1.807) is 31.4 Å². The Hall–Kier alpha value is -4.92. The Kier molecular flexibility index (Phi) is 8.85. The van der Waals surface area contributed by atoms with Crippen molar-refractivity contribution < 1.29 is 19.1 Å². The van der Waals surface area contributed by atoms with E-state index in [9.17, 15) is 14.4 Å². The van der Waals surface area contributed by atoms with E-state index in [2.05, 4.69) is 26.1 Å². The van der Waals surface area contributed by atoms with Crippen LogP contribution in [0.15, 0.2) is 84.1 Å². The topological polar surface area (TPSA) is 125 Å². The third-order valence-corrected chi connectivity index (χ3v) is 5.89. The van der Waals surface area contributed by atoms with Crippen molar-refractivity contribution in [2.45, 2.75) is 12.8 Å². The number of hydrazone groups is 1. The summed E-state index contributed by atoms with van der Waals surface area (Å²) in [5.74, 6) is -0.284. The summed E-state index contributed by atoms with van der Waals surface area (Å²) in [6.07, 6.45) is 4.32. The number of nitrogens with zero attached hydrogens (tertiary/aromatic N) is 1. The van der Waals surface area contributed by atoms with Gasteiger partial charge in [-0.25, -0.2) is 5.43 Å². The minimum Gasteiger partial charge on any atom is -0.497 e. The van der Waals surface area contributed by atoms with E-state index in [0.717, 1.165) is 22.0 Å². The Bertz CT molecular complexity index is 1460. The average Bonchev–Trinajstić information content (AvgIpc) is 3.36. The van der Waals surface area contributed by atoms with Crippen LogP contribution in [-0.2, 0) is 11.2 Å². The molecule has 0 aliphatic rings. The van der Waals surface area contributed by atoms with Crippen molar-refractivity contribution in [3.8, 4) is 5.75 Å². The minimum atomic E-state index is -0.451. The molecule has 4 aromatic rings. The molecule has 0 aliphatic heterocycles. The van der Waals surface area contributed by atoms with Crippen LogP contribution in [-0.4, -0.2) is 49.1 Å². The molecule has 0 aliphatic carbocycles. The van der Waals surface area contributed by atoms with Gasteiger partial charge in [-0.15, -0.1) is 0 Å². The number of methoxy groups -OCH3 is 1. The first kappa shape index (κ1) is 26.2. The Balaban J connectivity index is 1.20. The largest absolute Gasteiger partial charge is 0.497 e. The maximum Gasteiger partial charge on any atom is 0.271 e. The summed E-state index contributed by atoms with van der Waals surface area (Å²) in [7, 11) is 1.57. The zero-order valence-corrected chi connectivity index (χ0v) is 21.0. The summed E-state index contributed by atoms with van der Waals surface area (Å²) >= 11 is 0. The number of ether oxygens (including phenoxy) is 1. The highest BCUT2D eigenvalue weighted by atomic mass is 16.5. The van der Waals surface area contributed by atoms with Crippen molar-refractivity contribution in [3.63, 3.8) is 0 Å². The van der Waals surface area contributed by atoms with Crippen LogP contribution in [0.5, 0.6) is 5.75 Å². The number of carbonyl (C=O) groups is 3. The molecular formula is C29H29N5O4. The van der Waals surface area contributed by atoms with E-state index in [1.807, 2.05) is 48.7 Å². The predicted octanol–water partition coefficient (Wildman–Crippen LogP) is 3.42.